The predicted molar refractivity (Wildman–Crippen MR) is 135 cm³/mol. The van der Waals surface area contributed by atoms with Gasteiger partial charge in [0.05, 0.1) is 22.8 Å². The van der Waals surface area contributed by atoms with Gasteiger partial charge in [-0.2, -0.15) is 5.10 Å². The second-order valence-electron chi connectivity index (χ2n) is 10.6. The van der Waals surface area contributed by atoms with E-state index in [1.807, 2.05) is 31.3 Å². The van der Waals surface area contributed by atoms with Gasteiger partial charge >= 0.3 is 0 Å². The van der Waals surface area contributed by atoms with Gasteiger partial charge in [0.15, 0.2) is 13.7 Å². The average molecular weight is 492 g/mol. The summed E-state index contributed by atoms with van der Waals surface area (Å²) in [6.45, 7) is 1.96. The first-order valence-corrected chi connectivity index (χ1v) is 12.5. The molecule has 9 nitrogen and oxygen atoms in total. The Morgan fingerprint density at radius 3 is 2.57 bits per heavy atom. The molecule has 2 radical (unpaired) electrons. The molecule has 1 fully saturated rings. The summed E-state index contributed by atoms with van der Waals surface area (Å²) in [6.07, 6.45) is 8.82. The lowest BCUT2D eigenvalue weighted by Gasteiger charge is -2.37. The number of benzene rings is 1. The fourth-order valence-electron chi connectivity index (χ4n) is 6.30. The summed E-state index contributed by atoms with van der Waals surface area (Å²) in [5, 5.41) is 25.6. The van der Waals surface area contributed by atoms with Gasteiger partial charge in [-0.25, -0.2) is 14.5 Å². The highest BCUT2D eigenvalue weighted by Gasteiger charge is 2.50. The predicted octanol–water partition coefficient (Wildman–Crippen LogP) is 2.23. The summed E-state index contributed by atoms with van der Waals surface area (Å²) in [7, 11) is 5.72. The van der Waals surface area contributed by atoms with E-state index >= 15 is 0 Å². The Morgan fingerprint density at radius 2 is 1.89 bits per heavy atom. The van der Waals surface area contributed by atoms with Crippen LogP contribution in [0.2, 0.25) is 0 Å². The van der Waals surface area contributed by atoms with Crippen molar-refractivity contribution >= 4 is 19.3 Å². The molecule has 0 spiro atoms. The zero-order valence-corrected chi connectivity index (χ0v) is 20.3. The molecule has 1 saturated carbocycles. The molecule has 1 amide bonds. The summed E-state index contributed by atoms with van der Waals surface area (Å²) in [5.41, 5.74) is 12.4. The van der Waals surface area contributed by atoms with Crippen molar-refractivity contribution in [2.45, 2.75) is 55.9 Å². The lowest BCUT2D eigenvalue weighted by atomic mass is 9.77. The number of hydrogen-bond acceptors (Lipinski definition) is 7. The number of nitrogens with zero attached hydrogens (tertiary/aromatic N) is 5. The van der Waals surface area contributed by atoms with E-state index < -0.39 is 23.3 Å². The zero-order valence-electron chi connectivity index (χ0n) is 20.3. The molecule has 2 unspecified atom stereocenters. The molecule has 37 heavy (non-hydrogen) atoms. The monoisotopic (exact) mass is 492 g/mol. The first kappa shape index (κ1) is 22.6. The van der Waals surface area contributed by atoms with Crippen LogP contribution in [0.5, 0.6) is 0 Å². The minimum Gasteiger partial charge on any atom is -0.358 e. The number of carbonyl (C=O) groups is 1. The number of nitrogens with two attached hydrogens (primary N) is 1. The van der Waals surface area contributed by atoms with E-state index in [9.17, 15) is 15.0 Å². The molecule has 2 atom stereocenters. The average Bonchev–Trinajstić information content (AvgIpc) is 3.34. The number of amides is 1. The Balaban J connectivity index is 1.39. The number of pyridine rings is 1. The molecule has 1 aliphatic heterocycles. The van der Waals surface area contributed by atoms with Gasteiger partial charge in [0, 0.05) is 41.2 Å². The standard InChI is InChI=1S/C27H25BN6O3/c1-14-4-2-5-17-21(14)18-11-20(34(24(17)35)27(28,36)37)23-22(18)19-10-15(6-9-33(19)32-23)16-12-30-25(31-13-16)26(29)7-3-8-26/h2,4-6,9-10,12-13,18,20,36-37H,3,7-8,11,29H2,1H3. The van der Waals surface area contributed by atoms with Gasteiger partial charge in [-0.05, 0) is 67.5 Å². The van der Waals surface area contributed by atoms with E-state index in [0.717, 1.165) is 57.5 Å². The van der Waals surface area contributed by atoms with E-state index in [1.165, 1.54) is 0 Å². The summed E-state index contributed by atoms with van der Waals surface area (Å²) < 4.78 is 1.77. The fourth-order valence-corrected chi connectivity index (χ4v) is 6.30. The number of hydrogen-bond donors (Lipinski definition) is 3. The van der Waals surface area contributed by atoms with Crippen molar-refractivity contribution in [1.82, 2.24) is 24.5 Å². The van der Waals surface area contributed by atoms with Crippen LogP contribution in [0.1, 0.15) is 76.2 Å². The van der Waals surface area contributed by atoms with E-state index in [1.54, 1.807) is 29.0 Å². The Bertz CT molecular complexity index is 1590. The van der Waals surface area contributed by atoms with Gasteiger partial charge in [0.2, 0.25) is 0 Å². The quantitative estimate of drug-likeness (QED) is 0.295. The minimum absolute atomic E-state index is 0.158. The molecule has 4 heterocycles. The Hall–Kier alpha value is -3.60. The number of carbonyl (C=O) groups excluding carboxylic acids is 1. The van der Waals surface area contributed by atoms with Crippen LogP contribution in [-0.2, 0) is 5.54 Å². The molecular formula is C27H25BN6O3. The molecule has 2 bridgehead atoms. The third-order valence-corrected chi connectivity index (χ3v) is 8.29. The highest BCUT2D eigenvalue weighted by molar-refractivity contribution is 6.15. The van der Waals surface area contributed by atoms with E-state index in [2.05, 4.69) is 9.97 Å². The van der Waals surface area contributed by atoms with Crippen molar-refractivity contribution in [3.05, 3.63) is 82.7 Å². The molecule has 4 aromatic rings. The molecule has 0 saturated heterocycles. The lowest BCUT2D eigenvalue weighted by Crippen LogP contribution is -2.53. The second kappa shape index (κ2) is 7.47. The van der Waals surface area contributed by atoms with Gasteiger partial charge in [-0.1, -0.05) is 12.1 Å². The number of aromatic nitrogens is 4. The smallest absolute Gasteiger partial charge is 0.258 e. The highest BCUT2D eigenvalue weighted by Crippen LogP contribution is 2.53. The van der Waals surface area contributed by atoms with Gasteiger partial charge in [-0.3, -0.25) is 9.69 Å². The van der Waals surface area contributed by atoms with Crippen molar-refractivity contribution in [2.75, 3.05) is 0 Å². The second-order valence-corrected chi connectivity index (χ2v) is 10.6. The molecule has 4 N–H and O–H groups in total. The Labute approximate surface area is 214 Å². The summed E-state index contributed by atoms with van der Waals surface area (Å²) >= 11 is 0. The van der Waals surface area contributed by atoms with Gasteiger partial charge in [0.1, 0.15) is 5.82 Å². The van der Waals surface area contributed by atoms with E-state index in [-0.39, 0.29) is 5.92 Å². The highest BCUT2D eigenvalue weighted by atomic mass is 16.5. The van der Waals surface area contributed by atoms with Crippen LogP contribution >= 0.6 is 0 Å². The molecule has 10 heteroatoms. The van der Waals surface area contributed by atoms with Gasteiger partial charge in [0.25, 0.3) is 5.91 Å². The maximum atomic E-state index is 13.5. The van der Waals surface area contributed by atoms with E-state index in [0.29, 0.717) is 23.5 Å². The molecule has 3 aromatic heterocycles. The minimum atomic E-state index is -2.83. The third kappa shape index (κ3) is 3.16. The number of rotatable bonds is 3. The number of aryl methyl sites for hydroxylation is 1. The summed E-state index contributed by atoms with van der Waals surface area (Å²) in [4.78, 5) is 23.6. The first-order valence-electron chi connectivity index (χ1n) is 12.5. The zero-order chi connectivity index (χ0) is 25.7. The summed E-state index contributed by atoms with van der Waals surface area (Å²) in [5.74, 6) is -2.84. The van der Waals surface area contributed by atoms with Crippen LogP contribution in [0, 0.1) is 6.92 Å². The van der Waals surface area contributed by atoms with Crippen molar-refractivity contribution in [3.63, 3.8) is 0 Å². The van der Waals surface area contributed by atoms with Gasteiger partial charge < -0.3 is 15.9 Å². The van der Waals surface area contributed by atoms with Crippen molar-refractivity contribution in [1.29, 1.82) is 0 Å². The SMILES string of the molecule is [B]C(O)(O)N1C(=O)c2cccc(C)c2C2CC1c1nn3ccc(-c4cnc(C5(N)CCC5)nc4)cc3c12. The Morgan fingerprint density at radius 1 is 1.14 bits per heavy atom. The number of aliphatic hydroxyl groups is 2. The van der Waals surface area contributed by atoms with Crippen LogP contribution in [0.4, 0.5) is 0 Å². The van der Waals surface area contributed by atoms with Crippen molar-refractivity contribution in [2.24, 2.45) is 5.73 Å². The molecule has 1 aromatic carbocycles. The lowest BCUT2D eigenvalue weighted by molar-refractivity contribution is -0.190. The normalized spacial score (nSPS) is 21.9. The topological polar surface area (TPSA) is 130 Å². The van der Waals surface area contributed by atoms with E-state index in [4.69, 9.17) is 18.7 Å². The molecule has 3 aliphatic rings. The van der Waals surface area contributed by atoms with Gasteiger partial charge in [-0.15, -0.1) is 0 Å². The third-order valence-electron chi connectivity index (χ3n) is 8.29. The van der Waals surface area contributed by atoms with Crippen LogP contribution in [-0.4, -0.2) is 54.3 Å². The molecule has 2 aliphatic carbocycles. The van der Waals surface area contributed by atoms with Crippen molar-refractivity contribution < 1.29 is 15.0 Å². The molecule has 184 valence electrons. The maximum absolute atomic E-state index is 13.5. The molecular weight excluding hydrogens is 467 g/mol. The molecule has 7 rings (SSSR count). The Kier molecular flexibility index (Phi) is 4.56. The maximum Gasteiger partial charge on any atom is 0.258 e. The fraction of sp³-hybridized carbons (Fsp3) is 0.333. The first-order chi connectivity index (χ1) is 17.7. The summed E-state index contributed by atoms with van der Waals surface area (Å²) in [6, 6.07) is 8.77. The van der Waals surface area contributed by atoms with Crippen molar-refractivity contribution in [3.8, 4) is 11.1 Å². The largest absolute Gasteiger partial charge is 0.358 e. The number of fused-ring (bicyclic) bond motifs is 9. The van der Waals surface area contributed by atoms with Crippen LogP contribution in [0.25, 0.3) is 16.6 Å². The van der Waals surface area contributed by atoms with Crippen LogP contribution < -0.4 is 5.73 Å². The van der Waals surface area contributed by atoms with Crippen LogP contribution in [0.15, 0.2) is 48.9 Å². The van der Waals surface area contributed by atoms with Crippen LogP contribution in [0.3, 0.4) is 0 Å².